The number of benzene rings is 1. The quantitative estimate of drug-likeness (QED) is 0.714. The van der Waals surface area contributed by atoms with Gasteiger partial charge >= 0.3 is 0 Å². The fraction of sp³-hybridized carbons (Fsp3) is 0.308. The second-order valence-electron chi connectivity index (χ2n) is 3.75. The molecule has 3 heteroatoms. The smallest absolute Gasteiger partial charge is 0.253 e. The monoisotopic (exact) mass is 217 g/mol. The summed E-state index contributed by atoms with van der Waals surface area (Å²) in [6.45, 7) is 1.74. The first-order valence-electron chi connectivity index (χ1n) is 4.97. The Labute approximate surface area is 95.7 Å². The van der Waals surface area contributed by atoms with Gasteiger partial charge in [-0.15, -0.1) is 0 Å². The zero-order valence-corrected chi connectivity index (χ0v) is 9.74. The lowest BCUT2D eigenvalue weighted by atomic mass is 10.1. The third-order valence-corrected chi connectivity index (χ3v) is 2.04. The van der Waals surface area contributed by atoms with Crippen molar-refractivity contribution in [1.82, 2.24) is 4.90 Å². The Kier molecular flexibility index (Phi) is 4.10. The maximum Gasteiger partial charge on any atom is 0.253 e. The predicted molar refractivity (Wildman–Crippen MR) is 63.2 cm³/mol. The molecule has 0 spiro atoms. The normalized spacial score (nSPS) is 9.25. The molecule has 1 amide bonds. The average Bonchev–Trinajstić information content (AvgIpc) is 2.24. The zero-order valence-electron chi connectivity index (χ0n) is 9.74. The molecule has 0 heterocycles. The molecular weight excluding hydrogens is 202 g/mol. The summed E-state index contributed by atoms with van der Waals surface area (Å²) in [6, 6.07) is 5.44. The number of nitrogens with zero attached hydrogens (tertiary/aromatic N) is 1. The van der Waals surface area contributed by atoms with E-state index in [1.807, 2.05) is 19.1 Å². The number of hydrogen-bond donors (Lipinski definition) is 1. The Morgan fingerprint density at radius 1 is 1.38 bits per heavy atom. The van der Waals surface area contributed by atoms with E-state index in [9.17, 15) is 4.79 Å². The minimum Gasteiger partial charge on any atom is -0.384 e. The second kappa shape index (κ2) is 5.34. The van der Waals surface area contributed by atoms with Crippen LogP contribution >= 0.6 is 0 Å². The molecule has 0 radical (unpaired) electrons. The van der Waals surface area contributed by atoms with E-state index in [1.165, 1.54) is 4.90 Å². The summed E-state index contributed by atoms with van der Waals surface area (Å²) in [5, 5.41) is 8.61. The third kappa shape index (κ3) is 3.11. The average molecular weight is 217 g/mol. The van der Waals surface area contributed by atoms with Crippen LogP contribution in [0.1, 0.15) is 21.5 Å². The molecular formula is C13H15NO2. The van der Waals surface area contributed by atoms with Crippen molar-refractivity contribution >= 4 is 5.91 Å². The minimum absolute atomic E-state index is 0.0456. The Hall–Kier alpha value is -1.79. The highest BCUT2D eigenvalue weighted by Crippen LogP contribution is 2.10. The van der Waals surface area contributed by atoms with Gasteiger partial charge in [-0.2, -0.15) is 0 Å². The SMILES string of the molecule is Cc1cc(C#CCO)cc(C(=O)N(C)C)c1. The first-order chi connectivity index (χ1) is 7.54. The highest BCUT2D eigenvalue weighted by molar-refractivity contribution is 5.94. The lowest BCUT2D eigenvalue weighted by Gasteiger charge is -2.11. The molecule has 84 valence electrons. The van der Waals surface area contributed by atoms with Crippen molar-refractivity contribution in [3.8, 4) is 11.8 Å². The predicted octanol–water partition coefficient (Wildman–Crippen LogP) is 1.04. The van der Waals surface area contributed by atoms with Crippen molar-refractivity contribution in [2.75, 3.05) is 20.7 Å². The van der Waals surface area contributed by atoms with Crippen molar-refractivity contribution < 1.29 is 9.90 Å². The maximum absolute atomic E-state index is 11.8. The van der Waals surface area contributed by atoms with Crippen molar-refractivity contribution in [1.29, 1.82) is 0 Å². The van der Waals surface area contributed by atoms with Crippen LogP contribution in [0.15, 0.2) is 18.2 Å². The molecule has 0 saturated carbocycles. The van der Waals surface area contributed by atoms with Gasteiger partial charge < -0.3 is 10.0 Å². The van der Waals surface area contributed by atoms with Crippen LogP contribution in [0.25, 0.3) is 0 Å². The molecule has 1 rings (SSSR count). The van der Waals surface area contributed by atoms with Crippen LogP contribution in [-0.2, 0) is 0 Å². The Bertz CT molecular complexity index is 453. The number of carbonyl (C=O) groups is 1. The van der Waals surface area contributed by atoms with Gasteiger partial charge in [0.1, 0.15) is 6.61 Å². The lowest BCUT2D eigenvalue weighted by Crippen LogP contribution is -2.21. The molecule has 1 aromatic carbocycles. The fourth-order valence-corrected chi connectivity index (χ4v) is 1.38. The standard InChI is InChI=1S/C13H15NO2/c1-10-7-11(5-4-6-15)9-12(8-10)13(16)14(2)3/h7-9,15H,6H2,1-3H3. The van der Waals surface area contributed by atoms with Crippen LogP contribution in [-0.4, -0.2) is 36.6 Å². The summed E-state index contributed by atoms with van der Waals surface area (Å²) < 4.78 is 0. The summed E-state index contributed by atoms with van der Waals surface area (Å²) >= 11 is 0. The molecule has 0 aliphatic rings. The molecule has 3 nitrogen and oxygen atoms in total. The zero-order chi connectivity index (χ0) is 12.1. The highest BCUT2D eigenvalue weighted by Gasteiger charge is 2.08. The van der Waals surface area contributed by atoms with Crippen molar-refractivity contribution in [3.05, 3.63) is 34.9 Å². The van der Waals surface area contributed by atoms with Gasteiger partial charge in [-0.05, 0) is 30.7 Å². The number of carbonyl (C=O) groups excluding carboxylic acids is 1. The summed E-state index contributed by atoms with van der Waals surface area (Å²) in [7, 11) is 3.42. The number of rotatable bonds is 1. The van der Waals surface area contributed by atoms with Gasteiger partial charge in [-0.3, -0.25) is 4.79 Å². The van der Waals surface area contributed by atoms with Gasteiger partial charge in [0, 0.05) is 25.2 Å². The third-order valence-electron chi connectivity index (χ3n) is 2.04. The van der Waals surface area contributed by atoms with Crippen LogP contribution < -0.4 is 0 Å². The van der Waals surface area contributed by atoms with Crippen LogP contribution in [0, 0.1) is 18.8 Å². The van der Waals surface area contributed by atoms with Gasteiger partial charge in [-0.1, -0.05) is 11.8 Å². The summed E-state index contributed by atoms with van der Waals surface area (Å²) in [6.07, 6.45) is 0. The largest absolute Gasteiger partial charge is 0.384 e. The van der Waals surface area contributed by atoms with E-state index in [4.69, 9.17) is 5.11 Å². The molecule has 1 N–H and O–H groups in total. The minimum atomic E-state index is -0.176. The van der Waals surface area contributed by atoms with E-state index in [-0.39, 0.29) is 12.5 Å². The number of aliphatic hydroxyl groups is 1. The molecule has 0 fully saturated rings. The van der Waals surface area contributed by atoms with Gasteiger partial charge in [-0.25, -0.2) is 0 Å². The van der Waals surface area contributed by atoms with Gasteiger partial charge in [0.15, 0.2) is 0 Å². The van der Waals surface area contributed by atoms with E-state index in [0.717, 1.165) is 11.1 Å². The topological polar surface area (TPSA) is 40.5 Å². The second-order valence-corrected chi connectivity index (χ2v) is 3.75. The van der Waals surface area contributed by atoms with Crippen molar-refractivity contribution in [3.63, 3.8) is 0 Å². The number of hydrogen-bond acceptors (Lipinski definition) is 2. The first-order valence-corrected chi connectivity index (χ1v) is 4.97. The van der Waals surface area contributed by atoms with Crippen LogP contribution in [0.2, 0.25) is 0 Å². The van der Waals surface area contributed by atoms with E-state index in [1.54, 1.807) is 20.2 Å². The van der Waals surface area contributed by atoms with E-state index in [2.05, 4.69) is 11.8 Å². The molecule has 0 aliphatic carbocycles. The number of aryl methyl sites for hydroxylation is 1. The summed E-state index contributed by atoms with van der Waals surface area (Å²) in [5.41, 5.74) is 2.35. The highest BCUT2D eigenvalue weighted by atomic mass is 16.2. The molecule has 1 aromatic rings. The Balaban J connectivity index is 3.12. The van der Waals surface area contributed by atoms with Crippen molar-refractivity contribution in [2.24, 2.45) is 0 Å². The fourth-order valence-electron chi connectivity index (χ4n) is 1.38. The van der Waals surface area contributed by atoms with Gasteiger partial charge in [0.2, 0.25) is 0 Å². The van der Waals surface area contributed by atoms with Crippen LogP contribution in [0.5, 0.6) is 0 Å². The van der Waals surface area contributed by atoms with Crippen LogP contribution in [0.4, 0.5) is 0 Å². The summed E-state index contributed by atoms with van der Waals surface area (Å²) in [5.74, 6) is 5.32. The Morgan fingerprint density at radius 2 is 2.06 bits per heavy atom. The van der Waals surface area contributed by atoms with Gasteiger partial charge in [0.25, 0.3) is 5.91 Å². The van der Waals surface area contributed by atoms with Crippen LogP contribution in [0.3, 0.4) is 0 Å². The molecule has 0 unspecified atom stereocenters. The van der Waals surface area contributed by atoms with Crippen molar-refractivity contribution in [2.45, 2.75) is 6.92 Å². The summed E-state index contributed by atoms with van der Waals surface area (Å²) in [4.78, 5) is 13.3. The molecule has 0 aliphatic heterocycles. The maximum atomic E-state index is 11.8. The molecule has 0 aromatic heterocycles. The molecule has 0 bridgehead atoms. The van der Waals surface area contributed by atoms with E-state index in [0.29, 0.717) is 5.56 Å². The first kappa shape index (κ1) is 12.3. The van der Waals surface area contributed by atoms with Gasteiger partial charge in [0.05, 0.1) is 0 Å². The number of aliphatic hydroxyl groups excluding tert-OH is 1. The molecule has 0 saturated heterocycles. The van der Waals surface area contributed by atoms with E-state index >= 15 is 0 Å². The molecule has 16 heavy (non-hydrogen) atoms. The van der Waals surface area contributed by atoms with E-state index < -0.39 is 0 Å². The Morgan fingerprint density at radius 3 is 2.62 bits per heavy atom. The number of amides is 1. The lowest BCUT2D eigenvalue weighted by molar-refractivity contribution is 0.0827. The molecule has 0 atom stereocenters.